The number of carbonyl (C=O) groups is 1. The van der Waals surface area contributed by atoms with Crippen LogP contribution in [0.5, 0.6) is 5.75 Å². The minimum absolute atomic E-state index is 0.0577. The molecule has 178 valence electrons. The summed E-state index contributed by atoms with van der Waals surface area (Å²) in [4.78, 5) is 28.2. The second-order valence-corrected chi connectivity index (χ2v) is 9.57. The van der Waals surface area contributed by atoms with Gasteiger partial charge in [0.15, 0.2) is 5.82 Å². The summed E-state index contributed by atoms with van der Waals surface area (Å²) in [6.45, 7) is 4.22. The van der Waals surface area contributed by atoms with Crippen molar-refractivity contribution in [2.75, 3.05) is 48.5 Å². The van der Waals surface area contributed by atoms with Gasteiger partial charge in [0.25, 0.3) is 5.91 Å². The molecule has 1 amide bonds. The summed E-state index contributed by atoms with van der Waals surface area (Å²) in [5.41, 5.74) is 3.48. The van der Waals surface area contributed by atoms with Gasteiger partial charge < -0.3 is 24.5 Å². The molecule has 34 heavy (non-hydrogen) atoms. The second-order valence-electron chi connectivity index (χ2n) is 8.68. The van der Waals surface area contributed by atoms with Gasteiger partial charge in [0, 0.05) is 50.9 Å². The van der Waals surface area contributed by atoms with Crippen molar-refractivity contribution >= 4 is 39.4 Å². The Hall–Kier alpha value is -3.17. The first-order valence-electron chi connectivity index (χ1n) is 11.6. The summed E-state index contributed by atoms with van der Waals surface area (Å²) in [7, 11) is 3.70. The average molecular weight is 480 g/mol. The van der Waals surface area contributed by atoms with Crippen LogP contribution >= 0.6 is 11.3 Å². The first-order chi connectivity index (χ1) is 16.5. The van der Waals surface area contributed by atoms with Crippen molar-refractivity contribution in [2.45, 2.75) is 32.3 Å². The van der Waals surface area contributed by atoms with Gasteiger partial charge in [-0.05, 0) is 37.3 Å². The Kier molecular flexibility index (Phi) is 6.14. The molecular formula is C25H29N5O3S. The zero-order valence-electron chi connectivity index (χ0n) is 19.7. The standard InChI is InChI=1S/C25H29N5O3S/c1-4-33-21-14-17(30-10-7-18(31)8-11-30)6-5-16(21)13-22-26-15-20-23(27-22)29(3)25-19(9-12-34-25)24(32)28(20)2/h5-6,9,12,14-15,18,31H,4,7-8,10-11,13H2,1-3H3. The smallest absolute Gasteiger partial charge is 0.261 e. The molecule has 0 atom stereocenters. The molecule has 1 saturated heterocycles. The molecule has 2 aliphatic rings. The fourth-order valence-corrected chi connectivity index (χ4v) is 5.41. The molecule has 1 aromatic carbocycles. The Labute approximate surface area is 203 Å². The van der Waals surface area contributed by atoms with E-state index in [1.54, 1.807) is 18.1 Å². The summed E-state index contributed by atoms with van der Waals surface area (Å²) in [5.74, 6) is 2.15. The molecule has 8 nitrogen and oxygen atoms in total. The number of aromatic nitrogens is 2. The third-order valence-corrected chi connectivity index (χ3v) is 7.48. The third-order valence-electron chi connectivity index (χ3n) is 6.49. The van der Waals surface area contributed by atoms with Crippen LogP contribution in [-0.2, 0) is 6.42 Å². The summed E-state index contributed by atoms with van der Waals surface area (Å²) >= 11 is 1.53. The number of anilines is 4. The molecule has 1 N–H and O–H groups in total. The number of benzene rings is 1. The SMILES string of the molecule is CCOc1cc(N2CCC(O)CC2)ccc1Cc1ncc2c(n1)N(C)c1sccc1C(=O)N2C. The quantitative estimate of drug-likeness (QED) is 0.595. The van der Waals surface area contributed by atoms with E-state index in [9.17, 15) is 9.90 Å². The fourth-order valence-electron chi connectivity index (χ4n) is 4.55. The Balaban J connectivity index is 1.45. The van der Waals surface area contributed by atoms with Crippen LogP contribution in [-0.4, -0.2) is 60.9 Å². The van der Waals surface area contributed by atoms with Gasteiger partial charge in [-0.3, -0.25) is 4.79 Å². The maximum Gasteiger partial charge on any atom is 0.261 e. The summed E-state index contributed by atoms with van der Waals surface area (Å²) in [5, 5.41) is 12.6. The van der Waals surface area contributed by atoms with Crippen LogP contribution in [0.3, 0.4) is 0 Å². The van der Waals surface area contributed by atoms with Crippen LogP contribution in [0.25, 0.3) is 0 Å². The molecule has 5 rings (SSSR count). The molecule has 3 aromatic rings. The van der Waals surface area contributed by atoms with E-state index >= 15 is 0 Å². The number of amides is 1. The molecular weight excluding hydrogens is 450 g/mol. The maximum absolute atomic E-state index is 12.9. The number of carbonyl (C=O) groups excluding carboxylic acids is 1. The fraction of sp³-hybridized carbons (Fsp3) is 0.400. The molecule has 2 aliphatic heterocycles. The van der Waals surface area contributed by atoms with Gasteiger partial charge in [-0.2, -0.15) is 0 Å². The van der Waals surface area contributed by atoms with Crippen LogP contribution in [0.2, 0.25) is 0 Å². The monoisotopic (exact) mass is 479 g/mol. The number of thiophene rings is 1. The molecule has 0 bridgehead atoms. The normalized spacial score (nSPS) is 16.4. The summed E-state index contributed by atoms with van der Waals surface area (Å²) < 4.78 is 5.99. The van der Waals surface area contributed by atoms with E-state index in [4.69, 9.17) is 9.72 Å². The lowest BCUT2D eigenvalue weighted by Gasteiger charge is -2.32. The highest BCUT2D eigenvalue weighted by Gasteiger charge is 2.30. The lowest BCUT2D eigenvalue weighted by molar-refractivity contribution is 0.0994. The van der Waals surface area contributed by atoms with E-state index in [1.807, 2.05) is 30.3 Å². The number of aliphatic hydroxyl groups is 1. The lowest BCUT2D eigenvalue weighted by Crippen LogP contribution is -2.35. The molecule has 1 fully saturated rings. The summed E-state index contributed by atoms with van der Waals surface area (Å²) in [6.07, 6.45) is 3.61. The van der Waals surface area contributed by atoms with E-state index in [1.165, 1.54) is 11.3 Å². The largest absolute Gasteiger partial charge is 0.494 e. The minimum Gasteiger partial charge on any atom is -0.494 e. The van der Waals surface area contributed by atoms with E-state index in [2.05, 4.69) is 28.1 Å². The Morgan fingerprint density at radius 3 is 2.74 bits per heavy atom. The first-order valence-corrected chi connectivity index (χ1v) is 12.5. The van der Waals surface area contributed by atoms with Crippen LogP contribution in [0.4, 0.5) is 22.2 Å². The van der Waals surface area contributed by atoms with Crippen molar-refractivity contribution in [3.05, 3.63) is 52.8 Å². The highest BCUT2D eigenvalue weighted by Crippen LogP contribution is 2.40. The number of nitrogens with zero attached hydrogens (tertiary/aromatic N) is 5. The molecule has 4 heterocycles. The molecule has 0 unspecified atom stereocenters. The van der Waals surface area contributed by atoms with Crippen LogP contribution < -0.4 is 19.4 Å². The predicted octanol–water partition coefficient (Wildman–Crippen LogP) is 3.85. The Morgan fingerprint density at radius 1 is 1.18 bits per heavy atom. The minimum atomic E-state index is -0.204. The Morgan fingerprint density at radius 2 is 1.97 bits per heavy atom. The molecule has 9 heteroatoms. The van der Waals surface area contributed by atoms with Crippen molar-refractivity contribution in [2.24, 2.45) is 0 Å². The molecule has 0 radical (unpaired) electrons. The number of ether oxygens (including phenoxy) is 1. The third kappa shape index (κ3) is 4.10. The second kappa shape index (κ2) is 9.23. The van der Waals surface area contributed by atoms with Gasteiger partial charge >= 0.3 is 0 Å². The van der Waals surface area contributed by atoms with Crippen molar-refractivity contribution in [3.8, 4) is 5.75 Å². The number of hydrogen-bond acceptors (Lipinski definition) is 8. The highest BCUT2D eigenvalue weighted by atomic mass is 32.1. The van der Waals surface area contributed by atoms with Gasteiger partial charge in [0.2, 0.25) is 0 Å². The number of hydrogen-bond donors (Lipinski definition) is 1. The van der Waals surface area contributed by atoms with E-state index in [0.29, 0.717) is 35.9 Å². The van der Waals surface area contributed by atoms with Crippen LogP contribution in [0, 0.1) is 0 Å². The lowest BCUT2D eigenvalue weighted by atomic mass is 10.1. The number of rotatable bonds is 5. The van der Waals surface area contributed by atoms with E-state index < -0.39 is 0 Å². The van der Waals surface area contributed by atoms with Crippen LogP contribution in [0.1, 0.15) is 41.5 Å². The Bertz CT molecular complexity index is 1210. The number of piperidine rings is 1. The molecule has 0 spiro atoms. The van der Waals surface area contributed by atoms with Gasteiger partial charge in [-0.25, -0.2) is 9.97 Å². The topological polar surface area (TPSA) is 82.0 Å². The van der Waals surface area contributed by atoms with Gasteiger partial charge in [0.1, 0.15) is 22.3 Å². The first kappa shape index (κ1) is 22.6. The number of fused-ring (bicyclic) bond motifs is 2. The number of aliphatic hydroxyl groups excluding tert-OH is 1. The van der Waals surface area contributed by atoms with E-state index in [-0.39, 0.29) is 12.0 Å². The van der Waals surface area contributed by atoms with Gasteiger partial charge in [0.05, 0.1) is 24.5 Å². The van der Waals surface area contributed by atoms with E-state index in [0.717, 1.165) is 47.9 Å². The van der Waals surface area contributed by atoms with Crippen molar-refractivity contribution < 1.29 is 14.6 Å². The zero-order valence-corrected chi connectivity index (χ0v) is 20.5. The van der Waals surface area contributed by atoms with Crippen molar-refractivity contribution in [1.82, 2.24) is 9.97 Å². The summed E-state index contributed by atoms with van der Waals surface area (Å²) in [6, 6.07) is 8.12. The molecule has 2 aromatic heterocycles. The molecule has 0 aliphatic carbocycles. The van der Waals surface area contributed by atoms with Crippen molar-refractivity contribution in [1.29, 1.82) is 0 Å². The maximum atomic E-state index is 12.9. The predicted molar refractivity (Wildman–Crippen MR) is 135 cm³/mol. The average Bonchev–Trinajstić information content (AvgIpc) is 3.32. The van der Waals surface area contributed by atoms with Crippen molar-refractivity contribution in [3.63, 3.8) is 0 Å². The van der Waals surface area contributed by atoms with Gasteiger partial charge in [-0.15, -0.1) is 11.3 Å². The molecule has 0 saturated carbocycles. The highest BCUT2D eigenvalue weighted by molar-refractivity contribution is 7.14. The zero-order chi connectivity index (χ0) is 23.8. The van der Waals surface area contributed by atoms with Crippen LogP contribution in [0.15, 0.2) is 35.8 Å². The van der Waals surface area contributed by atoms with Gasteiger partial charge in [-0.1, -0.05) is 6.07 Å².